The van der Waals surface area contributed by atoms with Gasteiger partial charge in [-0.3, -0.25) is 4.79 Å². The monoisotopic (exact) mass is 425 g/mol. The molecule has 1 heterocycles. The Hall–Kier alpha value is -1.73. The highest BCUT2D eigenvalue weighted by Gasteiger charge is 2.30. The number of nitrogens with zero attached hydrogens (tertiary/aromatic N) is 1. The fourth-order valence-corrected chi connectivity index (χ4v) is 3.71. The minimum absolute atomic E-state index is 0.130. The average Bonchev–Trinajstić information content (AvgIpc) is 3.16. The third-order valence-electron chi connectivity index (χ3n) is 3.58. The Morgan fingerprint density at radius 1 is 1.24 bits per heavy atom. The Labute approximate surface area is 159 Å². The van der Waals surface area contributed by atoms with Crippen molar-refractivity contribution in [2.24, 2.45) is 0 Å². The molecule has 134 valence electrons. The molecule has 0 saturated heterocycles. The molecule has 0 unspecified atom stereocenters. The second kappa shape index (κ2) is 10.3. The van der Waals surface area contributed by atoms with Crippen LogP contribution in [0.4, 0.5) is 0 Å². The predicted octanol–water partition coefficient (Wildman–Crippen LogP) is 3.48. The van der Waals surface area contributed by atoms with Crippen LogP contribution in [0.15, 0.2) is 53.1 Å². The molecule has 0 aliphatic rings. The van der Waals surface area contributed by atoms with Gasteiger partial charge in [0.2, 0.25) is 5.91 Å². The molecule has 2 aromatic rings. The Balaban J connectivity index is 2.08. The zero-order chi connectivity index (χ0) is 18.1. The van der Waals surface area contributed by atoms with E-state index in [0.29, 0.717) is 11.5 Å². The van der Waals surface area contributed by atoms with Crippen molar-refractivity contribution in [2.45, 2.75) is 18.3 Å². The number of carbonyl (C=O) groups is 2. The van der Waals surface area contributed by atoms with E-state index in [1.807, 2.05) is 30.3 Å². The topological polar surface area (TPSA) is 59.8 Å². The zero-order valence-electron chi connectivity index (χ0n) is 13.9. The third-order valence-corrected chi connectivity index (χ3v) is 5.15. The summed E-state index contributed by atoms with van der Waals surface area (Å²) >= 11 is 4.77. The molecule has 0 saturated carbocycles. The number of rotatable bonds is 9. The standard InChI is InChI=1S/C18H20BrNO4S/c1-23-18(22)16(13-25-12-14-6-3-2-4-7-14)20(17(21)10-19)11-15-8-5-9-24-15/h2-9,16H,10-13H2,1H3/t16-/m0/s1. The van der Waals surface area contributed by atoms with Crippen molar-refractivity contribution in [1.82, 2.24) is 4.90 Å². The summed E-state index contributed by atoms with van der Waals surface area (Å²) in [7, 11) is 1.33. The number of amides is 1. The summed E-state index contributed by atoms with van der Waals surface area (Å²) in [6.07, 6.45) is 1.55. The van der Waals surface area contributed by atoms with Gasteiger partial charge in [-0.2, -0.15) is 11.8 Å². The van der Waals surface area contributed by atoms with E-state index in [1.165, 1.54) is 17.6 Å². The van der Waals surface area contributed by atoms with Crippen molar-refractivity contribution in [3.8, 4) is 0 Å². The van der Waals surface area contributed by atoms with E-state index in [9.17, 15) is 9.59 Å². The van der Waals surface area contributed by atoms with Crippen LogP contribution in [0, 0.1) is 0 Å². The lowest BCUT2D eigenvalue weighted by atomic mass is 10.2. The zero-order valence-corrected chi connectivity index (χ0v) is 16.3. The van der Waals surface area contributed by atoms with Gasteiger partial charge >= 0.3 is 5.97 Å². The number of hydrogen-bond acceptors (Lipinski definition) is 5. The number of ether oxygens (including phenoxy) is 1. The largest absolute Gasteiger partial charge is 0.467 e. The quantitative estimate of drug-likeness (QED) is 0.454. The summed E-state index contributed by atoms with van der Waals surface area (Å²) in [5.41, 5.74) is 1.17. The maximum Gasteiger partial charge on any atom is 0.329 e. The Bertz CT molecular complexity index is 663. The van der Waals surface area contributed by atoms with Crippen molar-refractivity contribution in [2.75, 3.05) is 18.2 Å². The van der Waals surface area contributed by atoms with E-state index in [4.69, 9.17) is 9.15 Å². The van der Waals surface area contributed by atoms with Crippen LogP contribution in [-0.2, 0) is 26.6 Å². The molecule has 0 fully saturated rings. The molecule has 0 spiro atoms. The van der Waals surface area contributed by atoms with Crippen molar-refractivity contribution in [1.29, 1.82) is 0 Å². The van der Waals surface area contributed by atoms with Gasteiger partial charge in [0.25, 0.3) is 0 Å². The van der Waals surface area contributed by atoms with E-state index < -0.39 is 12.0 Å². The third kappa shape index (κ3) is 5.93. The molecule has 0 aliphatic heterocycles. The van der Waals surface area contributed by atoms with E-state index in [2.05, 4.69) is 15.9 Å². The average molecular weight is 426 g/mol. The number of thioether (sulfide) groups is 1. The van der Waals surface area contributed by atoms with Gasteiger partial charge in [-0.1, -0.05) is 46.3 Å². The molecular formula is C18H20BrNO4S. The highest BCUT2D eigenvalue weighted by molar-refractivity contribution is 9.09. The molecule has 0 bridgehead atoms. The molecule has 1 amide bonds. The van der Waals surface area contributed by atoms with Crippen LogP contribution in [0.2, 0.25) is 0 Å². The predicted molar refractivity (Wildman–Crippen MR) is 101 cm³/mol. The first-order chi connectivity index (χ1) is 12.2. The Morgan fingerprint density at radius 2 is 2.00 bits per heavy atom. The normalized spacial score (nSPS) is 11.8. The van der Waals surface area contributed by atoms with Crippen LogP contribution >= 0.6 is 27.7 Å². The number of carbonyl (C=O) groups excluding carboxylic acids is 2. The molecule has 0 N–H and O–H groups in total. The minimum Gasteiger partial charge on any atom is -0.467 e. The van der Waals surface area contributed by atoms with Gasteiger partial charge in [0.05, 0.1) is 25.2 Å². The summed E-state index contributed by atoms with van der Waals surface area (Å²) in [4.78, 5) is 26.1. The highest BCUT2D eigenvalue weighted by atomic mass is 79.9. The fourth-order valence-electron chi connectivity index (χ4n) is 2.30. The van der Waals surface area contributed by atoms with Crippen LogP contribution in [-0.4, -0.2) is 41.0 Å². The van der Waals surface area contributed by atoms with Gasteiger partial charge < -0.3 is 14.1 Å². The van der Waals surface area contributed by atoms with Crippen molar-refractivity contribution < 1.29 is 18.7 Å². The number of halogens is 1. The van der Waals surface area contributed by atoms with Gasteiger partial charge in [-0.25, -0.2) is 4.79 Å². The summed E-state index contributed by atoms with van der Waals surface area (Å²) in [5, 5.41) is 0.130. The first-order valence-electron chi connectivity index (χ1n) is 7.73. The van der Waals surface area contributed by atoms with E-state index in [1.54, 1.807) is 30.2 Å². The molecule has 1 atom stereocenters. The molecule has 2 rings (SSSR count). The maximum atomic E-state index is 12.4. The lowest BCUT2D eigenvalue weighted by molar-refractivity contribution is -0.151. The second-order valence-electron chi connectivity index (χ2n) is 5.27. The van der Waals surface area contributed by atoms with Crippen LogP contribution < -0.4 is 0 Å². The molecule has 1 aromatic heterocycles. The van der Waals surface area contributed by atoms with Crippen LogP contribution in [0.25, 0.3) is 0 Å². The lowest BCUT2D eigenvalue weighted by Crippen LogP contribution is -2.47. The number of methoxy groups -OCH3 is 1. The number of benzene rings is 1. The van der Waals surface area contributed by atoms with Crippen LogP contribution in [0.5, 0.6) is 0 Å². The van der Waals surface area contributed by atoms with Crippen LogP contribution in [0.1, 0.15) is 11.3 Å². The fraction of sp³-hybridized carbons (Fsp3) is 0.333. The molecular weight excluding hydrogens is 406 g/mol. The first kappa shape index (κ1) is 19.6. The highest BCUT2D eigenvalue weighted by Crippen LogP contribution is 2.19. The van der Waals surface area contributed by atoms with E-state index in [0.717, 1.165) is 5.75 Å². The second-order valence-corrected chi connectivity index (χ2v) is 6.87. The Kier molecular flexibility index (Phi) is 8.08. The van der Waals surface area contributed by atoms with E-state index in [-0.39, 0.29) is 17.8 Å². The molecule has 5 nitrogen and oxygen atoms in total. The summed E-state index contributed by atoms with van der Waals surface area (Å²) < 4.78 is 10.2. The summed E-state index contributed by atoms with van der Waals surface area (Å²) in [5.74, 6) is 1.21. The van der Waals surface area contributed by atoms with Gasteiger partial charge in [0, 0.05) is 11.5 Å². The van der Waals surface area contributed by atoms with Crippen molar-refractivity contribution in [3.05, 3.63) is 60.1 Å². The van der Waals surface area contributed by atoms with Crippen molar-refractivity contribution >= 4 is 39.6 Å². The number of esters is 1. The van der Waals surface area contributed by atoms with Gasteiger partial charge in [-0.15, -0.1) is 0 Å². The molecule has 0 radical (unpaired) electrons. The molecule has 1 aromatic carbocycles. The molecule has 25 heavy (non-hydrogen) atoms. The Morgan fingerprint density at radius 3 is 2.60 bits per heavy atom. The maximum absolute atomic E-state index is 12.4. The summed E-state index contributed by atoms with van der Waals surface area (Å²) in [6.45, 7) is 0.225. The van der Waals surface area contributed by atoms with E-state index >= 15 is 0 Å². The number of hydrogen-bond donors (Lipinski definition) is 0. The van der Waals surface area contributed by atoms with Crippen molar-refractivity contribution in [3.63, 3.8) is 0 Å². The first-order valence-corrected chi connectivity index (χ1v) is 10.0. The lowest BCUT2D eigenvalue weighted by Gasteiger charge is -2.28. The van der Waals surface area contributed by atoms with Gasteiger partial charge in [0.15, 0.2) is 0 Å². The molecule has 0 aliphatic carbocycles. The minimum atomic E-state index is -0.672. The van der Waals surface area contributed by atoms with Crippen LogP contribution in [0.3, 0.4) is 0 Å². The number of alkyl halides is 1. The smallest absolute Gasteiger partial charge is 0.329 e. The van der Waals surface area contributed by atoms with Gasteiger partial charge in [-0.05, 0) is 17.7 Å². The molecule has 7 heteroatoms. The number of furan rings is 1. The summed E-state index contributed by atoms with van der Waals surface area (Å²) in [6, 6.07) is 12.8. The van der Waals surface area contributed by atoms with Gasteiger partial charge in [0.1, 0.15) is 11.8 Å². The SMILES string of the molecule is COC(=O)[C@H](CSCc1ccccc1)N(Cc1ccco1)C(=O)CBr.